The third-order valence-corrected chi connectivity index (χ3v) is 4.49. The molecule has 0 radical (unpaired) electrons. The fraction of sp³-hybridized carbons (Fsp3) is 0.538. The lowest BCUT2D eigenvalue weighted by molar-refractivity contribution is 0.104. The molecule has 3 heteroatoms. The van der Waals surface area contributed by atoms with Crippen molar-refractivity contribution in [2.45, 2.75) is 32.2 Å². The van der Waals surface area contributed by atoms with Crippen molar-refractivity contribution in [3.05, 3.63) is 33.8 Å². The van der Waals surface area contributed by atoms with Crippen molar-refractivity contribution >= 4 is 15.9 Å². The van der Waals surface area contributed by atoms with Crippen LogP contribution in [0.2, 0.25) is 0 Å². The van der Waals surface area contributed by atoms with Crippen LogP contribution in [-0.2, 0) is 0 Å². The number of hydrogen-bond acceptors (Lipinski definition) is 2. The van der Waals surface area contributed by atoms with Crippen molar-refractivity contribution in [2.24, 2.45) is 16.9 Å². The molecular weight excluding hydrogens is 264 g/mol. The number of hydrogen-bond donors (Lipinski definition) is 2. The average Bonchev–Trinajstić information content (AvgIpc) is 2.21. The Kier molecular flexibility index (Phi) is 3.38. The minimum Gasteiger partial charge on any atom is -0.330 e. The first-order valence-electron chi connectivity index (χ1n) is 5.81. The van der Waals surface area contributed by atoms with Gasteiger partial charge < -0.3 is 11.5 Å². The molecule has 1 aromatic rings. The van der Waals surface area contributed by atoms with Crippen LogP contribution in [0, 0.1) is 12.3 Å². The van der Waals surface area contributed by atoms with Crippen LogP contribution in [0.5, 0.6) is 0 Å². The minimum absolute atomic E-state index is 0.0729. The lowest BCUT2D eigenvalue weighted by Crippen LogP contribution is -2.46. The van der Waals surface area contributed by atoms with Gasteiger partial charge in [0.2, 0.25) is 0 Å². The molecule has 0 bridgehead atoms. The number of halogens is 1. The van der Waals surface area contributed by atoms with Crippen LogP contribution < -0.4 is 11.5 Å². The summed E-state index contributed by atoms with van der Waals surface area (Å²) in [4.78, 5) is 0. The molecule has 2 nitrogen and oxygen atoms in total. The molecule has 0 spiro atoms. The van der Waals surface area contributed by atoms with Gasteiger partial charge in [-0.15, -0.1) is 0 Å². The highest BCUT2D eigenvalue weighted by molar-refractivity contribution is 9.10. The van der Waals surface area contributed by atoms with E-state index in [1.54, 1.807) is 0 Å². The second kappa shape index (κ2) is 4.47. The second-order valence-corrected chi connectivity index (χ2v) is 5.81. The molecule has 1 fully saturated rings. The zero-order valence-electron chi connectivity index (χ0n) is 9.67. The summed E-state index contributed by atoms with van der Waals surface area (Å²) in [5.74, 6) is 0. The van der Waals surface area contributed by atoms with Crippen LogP contribution in [-0.4, -0.2) is 6.54 Å². The van der Waals surface area contributed by atoms with Crippen LogP contribution in [0.15, 0.2) is 22.7 Å². The second-order valence-electron chi connectivity index (χ2n) is 4.90. The van der Waals surface area contributed by atoms with Crippen molar-refractivity contribution in [2.75, 3.05) is 6.54 Å². The lowest BCUT2D eigenvalue weighted by atomic mass is 9.62. The van der Waals surface area contributed by atoms with Gasteiger partial charge in [0.05, 0.1) is 0 Å². The highest BCUT2D eigenvalue weighted by Crippen LogP contribution is 2.48. The molecule has 1 unspecified atom stereocenters. The summed E-state index contributed by atoms with van der Waals surface area (Å²) >= 11 is 3.51. The van der Waals surface area contributed by atoms with Gasteiger partial charge in [0.1, 0.15) is 0 Å². The van der Waals surface area contributed by atoms with Gasteiger partial charge in [0, 0.05) is 15.9 Å². The summed E-state index contributed by atoms with van der Waals surface area (Å²) in [5.41, 5.74) is 15.0. The number of aryl methyl sites for hydroxylation is 1. The van der Waals surface area contributed by atoms with Crippen LogP contribution in [0.1, 0.15) is 36.4 Å². The first-order chi connectivity index (χ1) is 7.59. The zero-order chi connectivity index (χ0) is 11.8. The quantitative estimate of drug-likeness (QED) is 0.896. The predicted molar refractivity (Wildman–Crippen MR) is 71.1 cm³/mol. The van der Waals surface area contributed by atoms with Gasteiger partial charge in [-0.3, -0.25) is 0 Å². The highest BCUT2D eigenvalue weighted by Gasteiger charge is 2.42. The van der Waals surface area contributed by atoms with E-state index in [-0.39, 0.29) is 11.5 Å². The van der Waals surface area contributed by atoms with Crippen molar-refractivity contribution in [3.63, 3.8) is 0 Å². The van der Waals surface area contributed by atoms with Crippen molar-refractivity contribution in [1.82, 2.24) is 0 Å². The summed E-state index contributed by atoms with van der Waals surface area (Å²) in [5, 5.41) is 0. The molecule has 0 aromatic heterocycles. The van der Waals surface area contributed by atoms with Gasteiger partial charge >= 0.3 is 0 Å². The van der Waals surface area contributed by atoms with Gasteiger partial charge in [0.25, 0.3) is 0 Å². The maximum atomic E-state index is 6.41. The van der Waals surface area contributed by atoms with E-state index in [0.717, 1.165) is 17.3 Å². The topological polar surface area (TPSA) is 52.0 Å². The van der Waals surface area contributed by atoms with Gasteiger partial charge in [0.15, 0.2) is 0 Å². The molecule has 0 heterocycles. The van der Waals surface area contributed by atoms with Crippen molar-refractivity contribution < 1.29 is 0 Å². The summed E-state index contributed by atoms with van der Waals surface area (Å²) in [6.45, 7) is 2.81. The monoisotopic (exact) mass is 282 g/mol. The van der Waals surface area contributed by atoms with Gasteiger partial charge in [-0.2, -0.15) is 0 Å². The molecule has 1 aliphatic carbocycles. The standard InChI is InChI=1S/C13H19BrN2/c1-9-3-4-10(14)7-11(9)12(16)13(8-15)5-2-6-13/h3-4,7,12H,2,5-6,8,15-16H2,1H3. The van der Waals surface area contributed by atoms with Gasteiger partial charge in [-0.1, -0.05) is 28.4 Å². The third kappa shape index (κ3) is 1.92. The maximum Gasteiger partial charge on any atom is 0.0367 e. The van der Waals surface area contributed by atoms with E-state index in [1.807, 2.05) is 0 Å². The number of rotatable bonds is 3. The maximum absolute atomic E-state index is 6.41. The fourth-order valence-corrected chi connectivity index (χ4v) is 2.93. The molecule has 1 saturated carbocycles. The van der Waals surface area contributed by atoms with E-state index in [9.17, 15) is 0 Å². The van der Waals surface area contributed by atoms with Crippen molar-refractivity contribution in [1.29, 1.82) is 0 Å². The van der Waals surface area contributed by atoms with E-state index < -0.39 is 0 Å². The average molecular weight is 283 g/mol. The number of benzene rings is 1. The molecule has 0 saturated heterocycles. The highest BCUT2D eigenvalue weighted by atomic mass is 79.9. The first kappa shape index (κ1) is 12.1. The van der Waals surface area contributed by atoms with Gasteiger partial charge in [-0.05, 0) is 49.6 Å². The summed E-state index contributed by atoms with van der Waals surface area (Å²) in [7, 11) is 0. The third-order valence-electron chi connectivity index (χ3n) is 3.99. The summed E-state index contributed by atoms with van der Waals surface area (Å²) < 4.78 is 1.09. The van der Waals surface area contributed by atoms with E-state index in [4.69, 9.17) is 11.5 Å². The Morgan fingerprint density at radius 1 is 1.44 bits per heavy atom. The predicted octanol–water partition coefficient (Wildman–Crippen LogP) is 2.89. The molecule has 1 aliphatic rings. The molecule has 4 N–H and O–H groups in total. The molecule has 1 atom stereocenters. The number of nitrogens with two attached hydrogens (primary N) is 2. The van der Waals surface area contributed by atoms with Gasteiger partial charge in [-0.25, -0.2) is 0 Å². The minimum atomic E-state index is 0.0729. The zero-order valence-corrected chi connectivity index (χ0v) is 11.3. The summed E-state index contributed by atoms with van der Waals surface area (Å²) in [6, 6.07) is 6.38. The van der Waals surface area contributed by atoms with Crippen LogP contribution in [0.25, 0.3) is 0 Å². The normalized spacial score (nSPS) is 20.2. The van der Waals surface area contributed by atoms with Crippen molar-refractivity contribution in [3.8, 4) is 0 Å². The SMILES string of the molecule is Cc1ccc(Br)cc1C(N)C1(CN)CCC1. The Bertz CT molecular complexity index is 380. The Morgan fingerprint density at radius 3 is 2.62 bits per heavy atom. The molecule has 88 valence electrons. The Balaban J connectivity index is 2.32. The first-order valence-corrected chi connectivity index (χ1v) is 6.60. The lowest BCUT2D eigenvalue weighted by Gasteiger charge is -2.46. The van der Waals surface area contributed by atoms with E-state index in [2.05, 4.69) is 41.1 Å². The Labute approximate surface area is 106 Å². The summed E-state index contributed by atoms with van der Waals surface area (Å²) in [6.07, 6.45) is 3.59. The fourth-order valence-electron chi connectivity index (χ4n) is 2.55. The van der Waals surface area contributed by atoms with Crippen LogP contribution in [0.3, 0.4) is 0 Å². The van der Waals surface area contributed by atoms with E-state index >= 15 is 0 Å². The molecular formula is C13H19BrN2. The largest absolute Gasteiger partial charge is 0.330 e. The Morgan fingerprint density at radius 2 is 2.12 bits per heavy atom. The molecule has 1 aromatic carbocycles. The molecule has 0 amide bonds. The Hall–Kier alpha value is -0.380. The molecule has 0 aliphatic heterocycles. The van der Waals surface area contributed by atoms with Crippen LogP contribution in [0.4, 0.5) is 0 Å². The van der Waals surface area contributed by atoms with E-state index in [0.29, 0.717) is 6.54 Å². The van der Waals surface area contributed by atoms with Crippen LogP contribution >= 0.6 is 15.9 Å². The molecule has 2 rings (SSSR count). The molecule has 16 heavy (non-hydrogen) atoms. The van der Waals surface area contributed by atoms with E-state index in [1.165, 1.54) is 17.5 Å². The smallest absolute Gasteiger partial charge is 0.0367 e.